The first kappa shape index (κ1) is 16.6. The molecule has 4 aliphatic carbocycles. The van der Waals surface area contributed by atoms with Crippen LogP contribution in [0.4, 0.5) is 0 Å². The van der Waals surface area contributed by atoms with Gasteiger partial charge in [0.25, 0.3) is 0 Å². The lowest BCUT2D eigenvalue weighted by Crippen LogP contribution is -2.53. The molecule has 4 fully saturated rings. The summed E-state index contributed by atoms with van der Waals surface area (Å²) in [4.78, 5) is 0. The standard InChI is InChI=1S/C21H31NO2/c1-15(19-5-3-2-4-6-19)22-13-20(23)14-24-21-10-16-7-17(11-21)9-18(8-16)12-21/h2-6,15-18,20,22-23H,7-14H2,1H3/t15-,16?,17?,18?,20-,21?/m0/s1. The Morgan fingerprint density at radius 3 is 2.25 bits per heavy atom. The molecule has 24 heavy (non-hydrogen) atoms. The zero-order valence-electron chi connectivity index (χ0n) is 14.8. The molecule has 132 valence electrons. The van der Waals surface area contributed by atoms with Gasteiger partial charge in [-0.15, -0.1) is 0 Å². The topological polar surface area (TPSA) is 41.5 Å². The summed E-state index contributed by atoms with van der Waals surface area (Å²) < 4.78 is 6.35. The Morgan fingerprint density at radius 1 is 1.08 bits per heavy atom. The van der Waals surface area contributed by atoms with Crippen LogP contribution in [0.25, 0.3) is 0 Å². The van der Waals surface area contributed by atoms with E-state index in [1.807, 2.05) is 6.07 Å². The Balaban J connectivity index is 1.24. The molecule has 0 amide bonds. The van der Waals surface area contributed by atoms with Gasteiger partial charge in [0, 0.05) is 12.6 Å². The van der Waals surface area contributed by atoms with Crippen molar-refractivity contribution in [2.24, 2.45) is 17.8 Å². The van der Waals surface area contributed by atoms with Crippen molar-refractivity contribution in [3.05, 3.63) is 35.9 Å². The van der Waals surface area contributed by atoms with Gasteiger partial charge in [0.05, 0.1) is 18.3 Å². The molecule has 0 radical (unpaired) electrons. The van der Waals surface area contributed by atoms with Gasteiger partial charge in [-0.25, -0.2) is 0 Å². The Bertz CT molecular complexity index is 509. The van der Waals surface area contributed by atoms with E-state index in [0.29, 0.717) is 13.2 Å². The first-order chi connectivity index (χ1) is 11.6. The highest BCUT2D eigenvalue weighted by Crippen LogP contribution is 2.57. The van der Waals surface area contributed by atoms with E-state index in [2.05, 4.69) is 36.5 Å². The van der Waals surface area contributed by atoms with Crippen molar-refractivity contribution in [2.45, 2.75) is 63.2 Å². The van der Waals surface area contributed by atoms with Crippen molar-refractivity contribution in [1.29, 1.82) is 0 Å². The second-order valence-electron chi connectivity index (χ2n) is 8.61. The minimum atomic E-state index is -0.427. The number of ether oxygens (including phenoxy) is 1. The first-order valence-corrected chi connectivity index (χ1v) is 9.72. The van der Waals surface area contributed by atoms with Gasteiger partial charge in [0.15, 0.2) is 0 Å². The molecule has 0 saturated heterocycles. The summed E-state index contributed by atoms with van der Waals surface area (Å²) in [7, 11) is 0. The Labute approximate surface area is 145 Å². The quantitative estimate of drug-likeness (QED) is 0.802. The Kier molecular flexibility index (Phi) is 4.68. The molecule has 1 aromatic carbocycles. The third kappa shape index (κ3) is 3.54. The predicted octanol–water partition coefficient (Wildman–Crippen LogP) is 3.68. The summed E-state index contributed by atoms with van der Waals surface area (Å²) in [6, 6.07) is 10.6. The minimum absolute atomic E-state index is 0.0980. The van der Waals surface area contributed by atoms with Gasteiger partial charge >= 0.3 is 0 Å². The summed E-state index contributed by atoms with van der Waals surface area (Å²) in [6.07, 6.45) is 7.58. The van der Waals surface area contributed by atoms with E-state index in [4.69, 9.17) is 4.74 Å². The van der Waals surface area contributed by atoms with Crippen molar-refractivity contribution in [2.75, 3.05) is 13.2 Å². The maximum atomic E-state index is 10.4. The maximum absolute atomic E-state index is 10.4. The summed E-state index contributed by atoms with van der Waals surface area (Å²) in [6.45, 7) is 3.20. The summed E-state index contributed by atoms with van der Waals surface area (Å²) in [5.74, 6) is 2.68. The number of aliphatic hydroxyl groups excluding tert-OH is 1. The zero-order valence-corrected chi connectivity index (χ0v) is 14.8. The fourth-order valence-electron chi connectivity index (χ4n) is 5.71. The number of nitrogens with one attached hydrogen (secondary N) is 1. The smallest absolute Gasteiger partial charge is 0.0898 e. The summed E-state index contributed by atoms with van der Waals surface area (Å²) >= 11 is 0. The van der Waals surface area contributed by atoms with Crippen LogP contribution in [0.2, 0.25) is 0 Å². The molecule has 0 spiro atoms. The van der Waals surface area contributed by atoms with Crippen LogP contribution in [-0.2, 0) is 4.74 Å². The van der Waals surface area contributed by atoms with E-state index < -0.39 is 6.10 Å². The summed E-state index contributed by atoms with van der Waals surface area (Å²) in [5.41, 5.74) is 1.35. The maximum Gasteiger partial charge on any atom is 0.0898 e. The number of rotatable bonds is 7. The second-order valence-corrected chi connectivity index (χ2v) is 8.61. The van der Waals surface area contributed by atoms with Crippen LogP contribution in [0.1, 0.15) is 57.1 Å². The highest BCUT2D eigenvalue weighted by molar-refractivity contribution is 5.18. The van der Waals surface area contributed by atoms with Crippen molar-refractivity contribution in [1.82, 2.24) is 5.32 Å². The molecule has 4 bridgehead atoms. The zero-order chi connectivity index (χ0) is 16.6. The highest BCUT2D eigenvalue weighted by atomic mass is 16.5. The normalized spacial score (nSPS) is 36.7. The van der Waals surface area contributed by atoms with Crippen molar-refractivity contribution in [3.8, 4) is 0 Å². The molecule has 5 rings (SSSR count). The molecule has 2 atom stereocenters. The van der Waals surface area contributed by atoms with Crippen LogP contribution >= 0.6 is 0 Å². The molecule has 3 nitrogen and oxygen atoms in total. The third-order valence-electron chi connectivity index (χ3n) is 6.52. The lowest BCUT2D eigenvalue weighted by molar-refractivity contribution is -0.174. The molecule has 0 aromatic heterocycles. The van der Waals surface area contributed by atoms with Gasteiger partial charge < -0.3 is 15.2 Å². The molecular formula is C21H31NO2. The van der Waals surface area contributed by atoms with Crippen molar-refractivity contribution < 1.29 is 9.84 Å². The third-order valence-corrected chi connectivity index (χ3v) is 6.52. The van der Waals surface area contributed by atoms with Gasteiger partial charge in [0.1, 0.15) is 0 Å². The highest BCUT2D eigenvalue weighted by Gasteiger charge is 2.51. The SMILES string of the molecule is C[C@H](NC[C@H](O)COC12CC3CC(CC(C3)C1)C2)c1ccccc1. The largest absolute Gasteiger partial charge is 0.389 e. The fraction of sp³-hybridized carbons (Fsp3) is 0.714. The molecule has 4 aliphatic rings. The van der Waals surface area contributed by atoms with Crippen LogP contribution in [0.3, 0.4) is 0 Å². The van der Waals surface area contributed by atoms with E-state index in [0.717, 1.165) is 17.8 Å². The van der Waals surface area contributed by atoms with E-state index in [1.54, 1.807) is 0 Å². The number of benzene rings is 1. The second kappa shape index (κ2) is 6.78. The average molecular weight is 329 g/mol. The molecule has 1 aromatic rings. The number of aliphatic hydroxyl groups is 1. The lowest BCUT2D eigenvalue weighted by Gasteiger charge is -2.56. The van der Waals surface area contributed by atoms with E-state index in [1.165, 1.54) is 44.1 Å². The molecule has 0 aliphatic heterocycles. The number of hydrogen-bond acceptors (Lipinski definition) is 3. The van der Waals surface area contributed by atoms with Gasteiger partial charge in [-0.2, -0.15) is 0 Å². The van der Waals surface area contributed by atoms with Crippen LogP contribution in [0, 0.1) is 17.8 Å². The fourth-order valence-corrected chi connectivity index (χ4v) is 5.71. The first-order valence-electron chi connectivity index (χ1n) is 9.72. The Hall–Kier alpha value is -0.900. The van der Waals surface area contributed by atoms with E-state index >= 15 is 0 Å². The van der Waals surface area contributed by atoms with Crippen LogP contribution < -0.4 is 5.32 Å². The molecule has 4 saturated carbocycles. The van der Waals surface area contributed by atoms with Crippen molar-refractivity contribution >= 4 is 0 Å². The van der Waals surface area contributed by atoms with Crippen LogP contribution in [0.5, 0.6) is 0 Å². The van der Waals surface area contributed by atoms with E-state index in [-0.39, 0.29) is 11.6 Å². The molecule has 0 unspecified atom stereocenters. The molecule has 2 N–H and O–H groups in total. The van der Waals surface area contributed by atoms with Crippen LogP contribution in [-0.4, -0.2) is 30.0 Å². The van der Waals surface area contributed by atoms with Gasteiger partial charge in [-0.05, 0) is 68.8 Å². The Morgan fingerprint density at radius 2 is 1.67 bits per heavy atom. The molecular weight excluding hydrogens is 298 g/mol. The lowest BCUT2D eigenvalue weighted by atomic mass is 9.54. The summed E-state index contributed by atoms with van der Waals surface area (Å²) in [5, 5.41) is 13.8. The van der Waals surface area contributed by atoms with Crippen LogP contribution in [0.15, 0.2) is 30.3 Å². The number of hydrogen-bond donors (Lipinski definition) is 2. The molecule has 0 heterocycles. The average Bonchev–Trinajstić information content (AvgIpc) is 2.57. The van der Waals surface area contributed by atoms with Gasteiger partial charge in [0.2, 0.25) is 0 Å². The predicted molar refractivity (Wildman–Crippen MR) is 95.7 cm³/mol. The van der Waals surface area contributed by atoms with E-state index in [9.17, 15) is 5.11 Å². The van der Waals surface area contributed by atoms with Gasteiger partial charge in [-0.3, -0.25) is 0 Å². The molecule has 3 heteroatoms. The van der Waals surface area contributed by atoms with Gasteiger partial charge in [-0.1, -0.05) is 30.3 Å². The monoisotopic (exact) mass is 329 g/mol. The van der Waals surface area contributed by atoms with Crippen molar-refractivity contribution in [3.63, 3.8) is 0 Å². The minimum Gasteiger partial charge on any atom is -0.389 e.